The van der Waals surface area contributed by atoms with Crippen LogP contribution in [0.4, 0.5) is 0 Å². The Kier molecular flexibility index (Phi) is 9.01. The SMILES string of the molecule is O=C(O)C1OC(O)C(O)C(O)C1OC1O[C@H](C(=O)O)[C@@H](O)[C@H](OC2O[C@H](C(=O)O)[C@@H](O)[C@H](O)[C@H]2O)[C@H]1O. The van der Waals surface area contributed by atoms with Crippen LogP contribution in [0.2, 0.25) is 0 Å². The third-order valence-electron chi connectivity index (χ3n) is 5.99. The third-order valence-corrected chi connectivity index (χ3v) is 5.99. The summed E-state index contributed by atoms with van der Waals surface area (Å²) in [5.74, 6) is -5.47. The number of aliphatic carboxylic acids is 3. The van der Waals surface area contributed by atoms with E-state index in [9.17, 15) is 65.4 Å². The van der Waals surface area contributed by atoms with Crippen molar-refractivity contribution < 1.29 is 94.2 Å². The number of ether oxygens (including phenoxy) is 5. The van der Waals surface area contributed by atoms with E-state index in [-0.39, 0.29) is 0 Å². The fraction of sp³-hybridized carbons (Fsp3) is 0.833. The number of rotatable bonds is 7. The minimum Gasteiger partial charge on any atom is -0.479 e. The van der Waals surface area contributed by atoms with Gasteiger partial charge in [-0.3, -0.25) is 0 Å². The summed E-state index contributed by atoms with van der Waals surface area (Å²) in [4.78, 5) is 34.4. The molecular weight excluding hydrogens is 520 g/mol. The van der Waals surface area contributed by atoms with E-state index in [0.717, 1.165) is 0 Å². The van der Waals surface area contributed by atoms with Crippen LogP contribution in [0.5, 0.6) is 0 Å². The number of hydrogen-bond donors (Lipinski definition) is 11. The van der Waals surface area contributed by atoms with Crippen LogP contribution in [0.1, 0.15) is 0 Å². The summed E-state index contributed by atoms with van der Waals surface area (Å²) in [6.45, 7) is 0. The molecule has 15 atom stereocenters. The molecule has 0 aliphatic carbocycles. The lowest BCUT2D eigenvalue weighted by atomic mass is 9.95. The van der Waals surface area contributed by atoms with Gasteiger partial charge in [0.2, 0.25) is 0 Å². The predicted octanol–water partition coefficient (Wildman–Crippen LogP) is -7.30. The van der Waals surface area contributed by atoms with Crippen LogP contribution in [0.25, 0.3) is 0 Å². The Morgan fingerprint density at radius 3 is 1.43 bits per heavy atom. The van der Waals surface area contributed by atoms with Gasteiger partial charge < -0.3 is 79.9 Å². The van der Waals surface area contributed by atoms with Gasteiger partial charge in [-0.2, -0.15) is 0 Å². The molecule has 0 spiro atoms. The Balaban J connectivity index is 1.87. The maximum absolute atomic E-state index is 11.6. The van der Waals surface area contributed by atoms with Gasteiger partial charge in [-0.05, 0) is 0 Å². The van der Waals surface area contributed by atoms with Gasteiger partial charge in [0.15, 0.2) is 37.2 Å². The van der Waals surface area contributed by atoms with E-state index in [2.05, 4.69) is 4.74 Å². The number of hydrogen-bond acceptors (Lipinski definition) is 16. The quantitative estimate of drug-likeness (QED) is 0.141. The minimum absolute atomic E-state index is 1.79. The molecule has 0 saturated carbocycles. The van der Waals surface area contributed by atoms with Crippen molar-refractivity contribution in [1.29, 1.82) is 0 Å². The molecule has 0 aromatic rings. The molecule has 19 heteroatoms. The van der Waals surface area contributed by atoms with Gasteiger partial charge in [0.25, 0.3) is 0 Å². The molecule has 3 fully saturated rings. The average molecular weight is 546 g/mol. The Bertz CT molecular complexity index is 853. The van der Waals surface area contributed by atoms with Crippen molar-refractivity contribution in [3.63, 3.8) is 0 Å². The molecule has 3 saturated heterocycles. The van der Waals surface area contributed by atoms with E-state index in [1.165, 1.54) is 0 Å². The molecule has 0 bridgehead atoms. The van der Waals surface area contributed by atoms with Crippen molar-refractivity contribution in [2.45, 2.75) is 92.1 Å². The van der Waals surface area contributed by atoms with Gasteiger partial charge >= 0.3 is 17.9 Å². The largest absolute Gasteiger partial charge is 0.479 e. The second kappa shape index (κ2) is 11.3. The van der Waals surface area contributed by atoms with Gasteiger partial charge in [-0.25, -0.2) is 14.4 Å². The molecule has 3 rings (SSSR count). The number of carboxylic acid groups (broad SMARTS) is 3. The summed E-state index contributed by atoms with van der Waals surface area (Å²) < 4.78 is 24.9. The molecule has 7 unspecified atom stereocenters. The van der Waals surface area contributed by atoms with Crippen molar-refractivity contribution in [2.24, 2.45) is 0 Å². The van der Waals surface area contributed by atoms with Crippen molar-refractivity contribution in [2.75, 3.05) is 0 Å². The summed E-state index contributed by atoms with van der Waals surface area (Å²) in [5, 5.41) is 108. The van der Waals surface area contributed by atoms with Crippen molar-refractivity contribution >= 4 is 17.9 Å². The Morgan fingerprint density at radius 1 is 0.459 bits per heavy atom. The van der Waals surface area contributed by atoms with E-state index >= 15 is 0 Å². The first kappa shape index (κ1) is 29.4. The topological polar surface area (TPSA) is 320 Å². The summed E-state index contributed by atoms with van der Waals surface area (Å²) in [6, 6.07) is 0. The van der Waals surface area contributed by atoms with Gasteiger partial charge in [0.1, 0.15) is 54.9 Å². The fourth-order valence-electron chi connectivity index (χ4n) is 3.99. The number of carbonyl (C=O) groups is 3. The molecule has 0 radical (unpaired) electrons. The first-order valence-electron chi connectivity index (χ1n) is 10.6. The van der Waals surface area contributed by atoms with Crippen molar-refractivity contribution in [3.8, 4) is 0 Å². The lowest BCUT2D eigenvalue weighted by Gasteiger charge is -2.46. The number of aliphatic hydroxyl groups excluding tert-OH is 8. The minimum atomic E-state index is -2.28. The van der Waals surface area contributed by atoms with E-state index in [4.69, 9.17) is 24.1 Å². The van der Waals surface area contributed by atoms with Gasteiger partial charge in [-0.15, -0.1) is 0 Å². The molecule has 212 valence electrons. The van der Waals surface area contributed by atoms with E-state index in [1.54, 1.807) is 0 Å². The van der Waals surface area contributed by atoms with E-state index in [1.807, 2.05) is 0 Å². The molecule has 3 aliphatic rings. The van der Waals surface area contributed by atoms with Crippen LogP contribution in [0.15, 0.2) is 0 Å². The van der Waals surface area contributed by atoms with Crippen LogP contribution in [-0.2, 0) is 38.1 Å². The molecule has 37 heavy (non-hydrogen) atoms. The molecular formula is C18H26O19. The van der Waals surface area contributed by atoms with Crippen molar-refractivity contribution in [3.05, 3.63) is 0 Å². The summed E-state index contributed by atoms with van der Waals surface area (Å²) >= 11 is 0. The Hall–Kier alpha value is -2.11. The maximum Gasteiger partial charge on any atom is 0.335 e. The molecule has 11 N–H and O–H groups in total. The average Bonchev–Trinajstić information content (AvgIpc) is 2.82. The van der Waals surface area contributed by atoms with Crippen LogP contribution in [-0.4, -0.2) is 166 Å². The smallest absolute Gasteiger partial charge is 0.335 e. The Labute approximate surface area is 205 Å². The lowest BCUT2D eigenvalue weighted by Crippen LogP contribution is -2.67. The van der Waals surface area contributed by atoms with Gasteiger partial charge in [0.05, 0.1) is 0 Å². The van der Waals surface area contributed by atoms with E-state index < -0.39 is 110 Å². The monoisotopic (exact) mass is 546 g/mol. The van der Waals surface area contributed by atoms with E-state index in [0.29, 0.717) is 0 Å². The van der Waals surface area contributed by atoms with Crippen molar-refractivity contribution in [1.82, 2.24) is 0 Å². The highest BCUT2D eigenvalue weighted by Crippen LogP contribution is 2.32. The standard InChI is InChI=1S/C18H26O19/c19-1-2(20)10(13(26)27)36-17(5(1)23)34-8-6(24)11(14(28)29)37-18(7(8)25)35-9-3(21)4(22)16(32)33-12(9)15(30)31/h1-12,16-25,32H,(H,26,27)(H,28,29)(H,30,31)/t1-,2-,3?,4?,5+,6-,7+,8-,9?,10-,11-,12?,16?,17?,18?/m0/s1. The molecule has 19 nitrogen and oxygen atoms in total. The first-order chi connectivity index (χ1) is 17.2. The van der Waals surface area contributed by atoms with Crippen LogP contribution in [0.3, 0.4) is 0 Å². The normalized spacial score (nSPS) is 48.8. The highest BCUT2D eigenvalue weighted by molar-refractivity contribution is 5.74. The maximum atomic E-state index is 11.6. The predicted molar refractivity (Wildman–Crippen MR) is 103 cm³/mol. The molecule has 0 aromatic heterocycles. The molecule has 0 aromatic carbocycles. The second-order valence-corrected chi connectivity index (χ2v) is 8.45. The third kappa shape index (κ3) is 5.68. The van der Waals surface area contributed by atoms with Gasteiger partial charge in [-0.1, -0.05) is 0 Å². The molecule has 3 aliphatic heterocycles. The van der Waals surface area contributed by atoms with Gasteiger partial charge in [0, 0.05) is 0 Å². The zero-order valence-corrected chi connectivity index (χ0v) is 18.3. The second-order valence-electron chi connectivity index (χ2n) is 8.45. The zero-order chi connectivity index (χ0) is 27.9. The Morgan fingerprint density at radius 2 is 0.919 bits per heavy atom. The van der Waals surface area contributed by atoms with Crippen LogP contribution in [0, 0.1) is 0 Å². The zero-order valence-electron chi connectivity index (χ0n) is 18.3. The first-order valence-corrected chi connectivity index (χ1v) is 10.6. The number of carboxylic acids is 3. The highest BCUT2D eigenvalue weighted by Gasteiger charge is 2.56. The molecule has 0 amide bonds. The summed E-state index contributed by atoms with van der Waals surface area (Å²) in [6.07, 6.45) is -32.7. The fourth-order valence-corrected chi connectivity index (χ4v) is 3.99. The highest BCUT2D eigenvalue weighted by atomic mass is 16.8. The summed E-state index contributed by atoms with van der Waals surface area (Å²) in [7, 11) is 0. The van der Waals surface area contributed by atoms with Crippen LogP contribution >= 0.6 is 0 Å². The summed E-state index contributed by atoms with van der Waals surface area (Å²) in [5.41, 5.74) is 0. The lowest BCUT2D eigenvalue weighted by molar-refractivity contribution is -0.370. The molecule has 3 heterocycles. The van der Waals surface area contributed by atoms with Crippen LogP contribution < -0.4 is 0 Å². The number of aliphatic hydroxyl groups is 8.